The first kappa shape index (κ1) is 20.7. The molecule has 1 saturated heterocycles. The van der Waals surface area contributed by atoms with Crippen LogP contribution in [-0.2, 0) is 0 Å². The van der Waals surface area contributed by atoms with E-state index >= 15 is 0 Å². The zero-order chi connectivity index (χ0) is 22.3. The number of rotatable bonds is 3. The molecule has 2 aliphatic rings. The minimum absolute atomic E-state index is 0.0128. The van der Waals surface area contributed by atoms with Crippen LogP contribution < -0.4 is 0 Å². The summed E-state index contributed by atoms with van der Waals surface area (Å²) in [6.07, 6.45) is 0. The second kappa shape index (κ2) is 7.94. The summed E-state index contributed by atoms with van der Waals surface area (Å²) in [5.41, 5.74) is 0.867. The van der Waals surface area contributed by atoms with Crippen molar-refractivity contribution in [2.24, 2.45) is 0 Å². The lowest BCUT2D eigenvalue weighted by Crippen LogP contribution is -2.50. The maximum atomic E-state index is 13.9. The van der Waals surface area contributed by atoms with Crippen LogP contribution in [0.4, 0.5) is 4.39 Å². The average Bonchev–Trinajstić information content (AvgIpc) is 3.03. The number of piperazine rings is 1. The van der Waals surface area contributed by atoms with Crippen LogP contribution in [0, 0.1) is 5.82 Å². The molecular formula is C23H22FN3O4. The SMILES string of the molecule is CC(C)N1C(=O)c2ccc(C(=O)N3CCN(C(=O)c4ccccc4F)CC3)cc2C1=O. The Balaban J connectivity index is 1.46. The van der Waals surface area contributed by atoms with Crippen LogP contribution in [0.15, 0.2) is 42.5 Å². The van der Waals surface area contributed by atoms with Gasteiger partial charge in [-0.15, -0.1) is 0 Å². The van der Waals surface area contributed by atoms with Crippen molar-refractivity contribution in [3.63, 3.8) is 0 Å². The Morgan fingerprint density at radius 1 is 0.839 bits per heavy atom. The van der Waals surface area contributed by atoms with Gasteiger partial charge >= 0.3 is 0 Å². The third-order valence-corrected chi connectivity index (χ3v) is 5.64. The highest BCUT2D eigenvalue weighted by molar-refractivity contribution is 6.22. The van der Waals surface area contributed by atoms with Crippen LogP contribution >= 0.6 is 0 Å². The maximum absolute atomic E-state index is 13.9. The Morgan fingerprint density at radius 3 is 2.03 bits per heavy atom. The van der Waals surface area contributed by atoms with E-state index in [0.717, 1.165) is 0 Å². The zero-order valence-electron chi connectivity index (χ0n) is 17.3. The normalized spacial score (nSPS) is 16.2. The minimum Gasteiger partial charge on any atom is -0.335 e. The third-order valence-electron chi connectivity index (χ3n) is 5.64. The molecule has 0 unspecified atom stereocenters. The number of amides is 4. The molecule has 4 rings (SSSR count). The summed E-state index contributed by atoms with van der Waals surface area (Å²) in [4.78, 5) is 54.8. The lowest BCUT2D eigenvalue weighted by atomic mass is 10.0. The summed E-state index contributed by atoms with van der Waals surface area (Å²) < 4.78 is 13.9. The van der Waals surface area contributed by atoms with Gasteiger partial charge < -0.3 is 9.80 Å². The Morgan fingerprint density at radius 2 is 1.42 bits per heavy atom. The molecule has 0 bridgehead atoms. The molecule has 2 aliphatic heterocycles. The molecule has 0 N–H and O–H groups in total. The molecule has 8 heteroatoms. The van der Waals surface area contributed by atoms with Crippen molar-refractivity contribution in [2.75, 3.05) is 26.2 Å². The van der Waals surface area contributed by atoms with Gasteiger partial charge in [0, 0.05) is 37.8 Å². The highest BCUT2D eigenvalue weighted by Gasteiger charge is 2.38. The number of carbonyl (C=O) groups excluding carboxylic acids is 4. The summed E-state index contributed by atoms with van der Waals surface area (Å²) in [5.74, 6) is -2.00. The van der Waals surface area contributed by atoms with Crippen molar-refractivity contribution in [1.29, 1.82) is 0 Å². The minimum atomic E-state index is -0.571. The van der Waals surface area contributed by atoms with E-state index in [-0.39, 0.29) is 42.1 Å². The number of imide groups is 1. The smallest absolute Gasteiger partial charge is 0.261 e. The predicted octanol–water partition coefficient (Wildman–Crippen LogP) is 2.43. The zero-order valence-corrected chi connectivity index (χ0v) is 17.3. The molecule has 160 valence electrons. The lowest BCUT2D eigenvalue weighted by molar-refractivity contribution is 0.0532. The fraction of sp³-hybridized carbons (Fsp3) is 0.304. The predicted molar refractivity (Wildman–Crippen MR) is 110 cm³/mol. The van der Waals surface area contributed by atoms with Crippen molar-refractivity contribution < 1.29 is 23.6 Å². The van der Waals surface area contributed by atoms with Crippen LogP contribution in [0.2, 0.25) is 0 Å². The van der Waals surface area contributed by atoms with Crippen LogP contribution in [0.25, 0.3) is 0 Å². The van der Waals surface area contributed by atoms with Crippen molar-refractivity contribution in [2.45, 2.75) is 19.9 Å². The monoisotopic (exact) mass is 423 g/mol. The molecule has 0 aliphatic carbocycles. The molecule has 0 aromatic heterocycles. The molecular weight excluding hydrogens is 401 g/mol. The third kappa shape index (κ3) is 3.58. The Kier molecular flexibility index (Phi) is 5.31. The number of hydrogen-bond donors (Lipinski definition) is 0. The fourth-order valence-electron chi connectivity index (χ4n) is 3.96. The van der Waals surface area contributed by atoms with E-state index < -0.39 is 17.6 Å². The molecule has 0 radical (unpaired) electrons. The summed E-state index contributed by atoms with van der Waals surface area (Å²) in [7, 11) is 0. The fourth-order valence-corrected chi connectivity index (χ4v) is 3.96. The van der Waals surface area contributed by atoms with Crippen molar-refractivity contribution in [3.05, 3.63) is 70.5 Å². The van der Waals surface area contributed by atoms with Gasteiger partial charge in [0.15, 0.2) is 0 Å². The standard InChI is InChI=1S/C23H22FN3O4/c1-14(2)27-22(30)16-8-7-15(13-18(16)23(27)31)20(28)25-9-11-26(12-10-25)21(29)17-5-3-4-6-19(17)24/h3-8,13-14H,9-12H2,1-2H3. The molecule has 2 heterocycles. The average molecular weight is 423 g/mol. The second-order valence-corrected chi connectivity index (χ2v) is 7.90. The van der Waals surface area contributed by atoms with E-state index in [0.29, 0.717) is 24.2 Å². The largest absolute Gasteiger partial charge is 0.335 e. The number of nitrogens with zero attached hydrogens (tertiary/aromatic N) is 3. The van der Waals surface area contributed by atoms with Crippen molar-refractivity contribution >= 4 is 23.6 Å². The number of carbonyl (C=O) groups is 4. The van der Waals surface area contributed by atoms with Gasteiger partial charge in [-0.25, -0.2) is 4.39 Å². The van der Waals surface area contributed by atoms with Gasteiger partial charge in [-0.05, 0) is 44.2 Å². The van der Waals surface area contributed by atoms with Gasteiger partial charge in [0.25, 0.3) is 23.6 Å². The maximum Gasteiger partial charge on any atom is 0.261 e. The van der Waals surface area contributed by atoms with Crippen LogP contribution in [-0.4, -0.2) is 70.5 Å². The van der Waals surface area contributed by atoms with E-state index in [1.165, 1.54) is 40.1 Å². The molecule has 1 fully saturated rings. The van der Waals surface area contributed by atoms with Gasteiger partial charge in [0.05, 0.1) is 16.7 Å². The van der Waals surface area contributed by atoms with E-state index in [4.69, 9.17) is 0 Å². The summed E-state index contributed by atoms with van der Waals surface area (Å²) >= 11 is 0. The van der Waals surface area contributed by atoms with E-state index in [2.05, 4.69) is 0 Å². The van der Waals surface area contributed by atoms with E-state index in [1.54, 1.807) is 30.9 Å². The summed E-state index contributed by atoms with van der Waals surface area (Å²) in [5, 5.41) is 0. The summed E-state index contributed by atoms with van der Waals surface area (Å²) in [6, 6.07) is 10.1. The molecule has 0 spiro atoms. The van der Waals surface area contributed by atoms with Crippen LogP contribution in [0.3, 0.4) is 0 Å². The molecule has 31 heavy (non-hydrogen) atoms. The van der Waals surface area contributed by atoms with Gasteiger partial charge in [0.2, 0.25) is 0 Å². The first-order valence-electron chi connectivity index (χ1n) is 10.1. The van der Waals surface area contributed by atoms with Crippen molar-refractivity contribution in [3.8, 4) is 0 Å². The first-order chi connectivity index (χ1) is 14.8. The Labute approximate surface area is 179 Å². The Hall–Kier alpha value is -3.55. The first-order valence-corrected chi connectivity index (χ1v) is 10.1. The highest BCUT2D eigenvalue weighted by Crippen LogP contribution is 2.26. The Bertz CT molecular complexity index is 1090. The molecule has 0 atom stereocenters. The molecule has 0 saturated carbocycles. The van der Waals surface area contributed by atoms with E-state index in [9.17, 15) is 23.6 Å². The van der Waals surface area contributed by atoms with Crippen LogP contribution in [0.5, 0.6) is 0 Å². The number of halogens is 1. The quantitative estimate of drug-likeness (QED) is 0.711. The topological polar surface area (TPSA) is 78.0 Å². The molecule has 7 nitrogen and oxygen atoms in total. The highest BCUT2D eigenvalue weighted by atomic mass is 19.1. The number of hydrogen-bond acceptors (Lipinski definition) is 4. The second-order valence-electron chi connectivity index (χ2n) is 7.90. The molecule has 4 amide bonds. The van der Waals surface area contributed by atoms with Crippen molar-refractivity contribution in [1.82, 2.24) is 14.7 Å². The molecule has 2 aromatic rings. The van der Waals surface area contributed by atoms with Gasteiger partial charge in [-0.3, -0.25) is 24.1 Å². The number of fused-ring (bicyclic) bond motifs is 1. The van der Waals surface area contributed by atoms with Gasteiger partial charge in [-0.1, -0.05) is 12.1 Å². The summed E-state index contributed by atoms with van der Waals surface area (Å²) in [6.45, 7) is 4.67. The lowest BCUT2D eigenvalue weighted by Gasteiger charge is -2.35. The van der Waals surface area contributed by atoms with Gasteiger partial charge in [-0.2, -0.15) is 0 Å². The molecule has 2 aromatic carbocycles. The van der Waals surface area contributed by atoms with E-state index in [1.807, 2.05) is 0 Å². The van der Waals surface area contributed by atoms with Crippen LogP contribution in [0.1, 0.15) is 55.3 Å². The van der Waals surface area contributed by atoms with Gasteiger partial charge in [0.1, 0.15) is 5.82 Å². The number of benzene rings is 2.